The number of aryl methyl sites for hydroxylation is 1. The Balaban J connectivity index is 1.48. The Bertz CT molecular complexity index is 1270. The Morgan fingerprint density at radius 3 is 2.63 bits per heavy atom. The van der Waals surface area contributed by atoms with Gasteiger partial charge in [-0.3, -0.25) is 9.59 Å². The van der Waals surface area contributed by atoms with E-state index in [1.54, 1.807) is 43.3 Å². The molecule has 1 aromatic carbocycles. The van der Waals surface area contributed by atoms with Crippen molar-refractivity contribution in [3.63, 3.8) is 0 Å². The summed E-state index contributed by atoms with van der Waals surface area (Å²) in [5, 5.41) is 15.0. The summed E-state index contributed by atoms with van der Waals surface area (Å²) in [5.74, 6) is 0.859. The third kappa shape index (κ3) is 5.99. The Kier molecular flexibility index (Phi) is 7.34. The van der Waals surface area contributed by atoms with Crippen molar-refractivity contribution in [1.29, 1.82) is 0 Å². The number of tetrazole rings is 1. The van der Waals surface area contributed by atoms with Crippen LogP contribution >= 0.6 is 0 Å². The van der Waals surface area contributed by atoms with Crippen LogP contribution in [0.1, 0.15) is 30.4 Å². The van der Waals surface area contributed by atoms with Crippen LogP contribution in [0.15, 0.2) is 63.6 Å². The highest BCUT2D eigenvalue weighted by Gasteiger charge is 2.30. The number of furan rings is 2. The van der Waals surface area contributed by atoms with Crippen LogP contribution < -0.4 is 5.32 Å². The van der Waals surface area contributed by atoms with Crippen LogP contribution in [0.25, 0.3) is 11.6 Å². The standard InChI is InChI=1S/C24H25FN6O4/c1-3-20(24(33)26-13-17-7-9-18(25)10-8-17)30(14-19-5-4-12-34-19)22(32)15-31-28-23(27-29-31)21-11-6-16(2)35-21/h4-12,20H,3,13-15H2,1-2H3,(H,26,33)/t20-/m1/s1. The van der Waals surface area contributed by atoms with E-state index in [1.807, 2.05) is 6.92 Å². The molecule has 4 aromatic rings. The number of hydrogen-bond acceptors (Lipinski definition) is 7. The summed E-state index contributed by atoms with van der Waals surface area (Å²) in [6, 6.07) is 12.0. The maximum absolute atomic E-state index is 13.3. The first-order valence-electron chi connectivity index (χ1n) is 11.1. The van der Waals surface area contributed by atoms with Gasteiger partial charge in [0.1, 0.15) is 29.9 Å². The normalized spacial score (nSPS) is 11.9. The van der Waals surface area contributed by atoms with E-state index >= 15 is 0 Å². The smallest absolute Gasteiger partial charge is 0.247 e. The van der Waals surface area contributed by atoms with Gasteiger partial charge in [0.05, 0.1) is 12.8 Å². The molecule has 0 saturated carbocycles. The van der Waals surface area contributed by atoms with Crippen molar-refractivity contribution in [2.24, 2.45) is 0 Å². The number of hydrogen-bond donors (Lipinski definition) is 1. The lowest BCUT2D eigenvalue weighted by Crippen LogP contribution is -2.49. The Morgan fingerprint density at radius 1 is 1.17 bits per heavy atom. The lowest BCUT2D eigenvalue weighted by Gasteiger charge is -2.29. The predicted octanol–water partition coefficient (Wildman–Crippen LogP) is 3.10. The van der Waals surface area contributed by atoms with Gasteiger partial charge in [0, 0.05) is 6.54 Å². The highest BCUT2D eigenvalue weighted by Crippen LogP contribution is 2.17. The van der Waals surface area contributed by atoms with Crippen molar-refractivity contribution < 1.29 is 22.8 Å². The third-order valence-corrected chi connectivity index (χ3v) is 5.36. The molecule has 3 aromatic heterocycles. The molecule has 1 N–H and O–H groups in total. The van der Waals surface area contributed by atoms with Gasteiger partial charge in [-0.1, -0.05) is 19.1 Å². The number of aromatic nitrogens is 4. The zero-order valence-corrected chi connectivity index (χ0v) is 19.3. The molecule has 1 atom stereocenters. The zero-order valence-electron chi connectivity index (χ0n) is 19.3. The lowest BCUT2D eigenvalue weighted by atomic mass is 10.1. The van der Waals surface area contributed by atoms with E-state index in [9.17, 15) is 14.0 Å². The molecule has 0 aliphatic rings. The van der Waals surface area contributed by atoms with Gasteiger partial charge in [0.15, 0.2) is 5.76 Å². The van der Waals surface area contributed by atoms with Gasteiger partial charge in [-0.05, 0) is 60.5 Å². The molecule has 0 spiro atoms. The predicted molar refractivity (Wildman–Crippen MR) is 122 cm³/mol. The van der Waals surface area contributed by atoms with Crippen molar-refractivity contribution in [3.8, 4) is 11.6 Å². The van der Waals surface area contributed by atoms with Crippen molar-refractivity contribution >= 4 is 11.8 Å². The molecule has 0 aliphatic carbocycles. The second kappa shape index (κ2) is 10.8. The average Bonchev–Trinajstić information content (AvgIpc) is 3.61. The number of rotatable bonds is 10. The van der Waals surface area contributed by atoms with Gasteiger partial charge >= 0.3 is 0 Å². The number of benzene rings is 1. The quantitative estimate of drug-likeness (QED) is 0.370. The van der Waals surface area contributed by atoms with Gasteiger partial charge < -0.3 is 19.1 Å². The molecule has 0 radical (unpaired) electrons. The second-order valence-corrected chi connectivity index (χ2v) is 7.92. The molecule has 0 unspecified atom stereocenters. The zero-order chi connectivity index (χ0) is 24.8. The van der Waals surface area contributed by atoms with Crippen LogP contribution in [-0.4, -0.2) is 43.0 Å². The lowest BCUT2D eigenvalue weighted by molar-refractivity contribution is -0.142. The summed E-state index contributed by atoms with van der Waals surface area (Å²) < 4.78 is 24.1. The summed E-state index contributed by atoms with van der Waals surface area (Å²) in [6.45, 7) is 3.68. The van der Waals surface area contributed by atoms with Crippen LogP contribution in [0.5, 0.6) is 0 Å². The summed E-state index contributed by atoms with van der Waals surface area (Å²) in [4.78, 5) is 29.0. The van der Waals surface area contributed by atoms with Crippen molar-refractivity contribution in [1.82, 2.24) is 30.4 Å². The van der Waals surface area contributed by atoms with Gasteiger partial charge in [0.25, 0.3) is 0 Å². The van der Waals surface area contributed by atoms with Crippen LogP contribution in [-0.2, 0) is 29.2 Å². The maximum Gasteiger partial charge on any atom is 0.247 e. The summed E-state index contributed by atoms with van der Waals surface area (Å²) in [6.07, 6.45) is 1.87. The minimum atomic E-state index is -0.774. The van der Waals surface area contributed by atoms with Crippen LogP contribution in [0.4, 0.5) is 4.39 Å². The number of amides is 2. The molecule has 35 heavy (non-hydrogen) atoms. The van der Waals surface area contributed by atoms with E-state index in [2.05, 4.69) is 20.7 Å². The molecule has 182 valence electrons. The summed E-state index contributed by atoms with van der Waals surface area (Å²) >= 11 is 0. The molecule has 10 nitrogen and oxygen atoms in total. The average molecular weight is 481 g/mol. The van der Waals surface area contributed by atoms with Crippen LogP contribution in [0, 0.1) is 12.7 Å². The number of carbonyl (C=O) groups excluding carboxylic acids is 2. The molecule has 4 rings (SSSR count). The van der Waals surface area contributed by atoms with E-state index in [4.69, 9.17) is 8.83 Å². The van der Waals surface area contributed by atoms with Crippen molar-refractivity contribution in [2.75, 3.05) is 0 Å². The van der Waals surface area contributed by atoms with Gasteiger partial charge in [-0.15, -0.1) is 10.2 Å². The molecule has 0 bridgehead atoms. The molecule has 0 aliphatic heterocycles. The molecular formula is C24H25FN6O4. The highest BCUT2D eigenvalue weighted by molar-refractivity contribution is 5.87. The second-order valence-electron chi connectivity index (χ2n) is 7.92. The number of carbonyl (C=O) groups is 2. The minimum Gasteiger partial charge on any atom is -0.467 e. The molecule has 0 saturated heterocycles. The van der Waals surface area contributed by atoms with Crippen LogP contribution in [0.3, 0.4) is 0 Å². The largest absolute Gasteiger partial charge is 0.467 e. The monoisotopic (exact) mass is 480 g/mol. The number of nitrogens with one attached hydrogen (secondary N) is 1. The SMILES string of the molecule is CC[C@H](C(=O)NCc1ccc(F)cc1)N(Cc1ccco1)C(=O)Cn1nnc(-c2ccc(C)o2)n1. The first kappa shape index (κ1) is 23.9. The summed E-state index contributed by atoms with van der Waals surface area (Å²) in [5.41, 5.74) is 0.742. The van der Waals surface area contributed by atoms with Crippen molar-refractivity contribution in [3.05, 3.63) is 77.7 Å². The molecule has 3 heterocycles. The fraction of sp³-hybridized carbons (Fsp3) is 0.292. The minimum absolute atomic E-state index is 0.0905. The number of halogens is 1. The topological polar surface area (TPSA) is 119 Å². The fourth-order valence-electron chi connectivity index (χ4n) is 3.57. The van der Waals surface area contributed by atoms with E-state index in [1.165, 1.54) is 23.3 Å². The Labute approximate surface area is 200 Å². The first-order chi connectivity index (χ1) is 16.9. The van der Waals surface area contributed by atoms with Crippen molar-refractivity contribution in [2.45, 2.75) is 45.9 Å². The molecule has 11 heteroatoms. The van der Waals surface area contributed by atoms with E-state index in [0.29, 0.717) is 23.7 Å². The molecule has 0 fully saturated rings. The third-order valence-electron chi connectivity index (χ3n) is 5.36. The molecule has 2 amide bonds. The number of nitrogens with zero attached hydrogens (tertiary/aromatic N) is 5. The fourth-order valence-corrected chi connectivity index (χ4v) is 3.57. The Morgan fingerprint density at radius 2 is 1.97 bits per heavy atom. The van der Waals surface area contributed by atoms with Gasteiger partial charge in [0.2, 0.25) is 17.6 Å². The van der Waals surface area contributed by atoms with E-state index in [-0.39, 0.29) is 43.1 Å². The van der Waals surface area contributed by atoms with E-state index in [0.717, 1.165) is 10.4 Å². The first-order valence-corrected chi connectivity index (χ1v) is 11.1. The maximum atomic E-state index is 13.3. The van der Waals surface area contributed by atoms with Crippen LogP contribution in [0.2, 0.25) is 0 Å². The highest BCUT2D eigenvalue weighted by atomic mass is 19.1. The Hall–Kier alpha value is -4.28. The van der Waals surface area contributed by atoms with E-state index < -0.39 is 6.04 Å². The van der Waals surface area contributed by atoms with Gasteiger partial charge in [-0.2, -0.15) is 4.80 Å². The van der Waals surface area contributed by atoms with Gasteiger partial charge in [-0.25, -0.2) is 4.39 Å². The summed E-state index contributed by atoms with van der Waals surface area (Å²) in [7, 11) is 0. The molecular weight excluding hydrogens is 455 g/mol.